The molecule has 0 spiro atoms. The summed E-state index contributed by atoms with van der Waals surface area (Å²) in [6.45, 7) is 10.8. The van der Waals surface area contributed by atoms with Crippen molar-refractivity contribution in [1.82, 2.24) is 14.7 Å². The normalized spacial score (nSPS) is 12.5. The average molecular weight is 266 g/mol. The van der Waals surface area contributed by atoms with Crippen LogP contribution in [-0.4, -0.2) is 40.2 Å². The molecule has 1 atom stereocenters. The fourth-order valence-electron chi connectivity index (χ4n) is 2.02. The van der Waals surface area contributed by atoms with E-state index in [0.717, 1.165) is 12.1 Å². The lowest BCUT2D eigenvalue weighted by molar-refractivity contribution is 0.0731. The molecule has 19 heavy (non-hydrogen) atoms. The molecule has 5 heteroatoms. The van der Waals surface area contributed by atoms with Crippen LogP contribution >= 0.6 is 0 Å². The van der Waals surface area contributed by atoms with Gasteiger partial charge in [0.1, 0.15) is 5.69 Å². The van der Waals surface area contributed by atoms with E-state index in [1.54, 1.807) is 4.68 Å². The Balaban J connectivity index is 2.93. The zero-order valence-electron chi connectivity index (χ0n) is 12.5. The van der Waals surface area contributed by atoms with Crippen LogP contribution in [0, 0.1) is 5.92 Å². The van der Waals surface area contributed by atoms with Gasteiger partial charge in [0.2, 0.25) is 0 Å². The van der Waals surface area contributed by atoms with Crippen molar-refractivity contribution in [2.45, 2.75) is 40.7 Å². The molecule has 108 valence electrons. The van der Waals surface area contributed by atoms with Crippen LogP contribution in [0.3, 0.4) is 0 Å². The Kier molecular flexibility index (Phi) is 6.02. The SMILES string of the molecule is CCc1cc(C(=O)N(CC)CC(C)CN)n(CC)n1. The third kappa shape index (κ3) is 3.80. The minimum absolute atomic E-state index is 0.0526. The minimum Gasteiger partial charge on any atom is -0.337 e. The summed E-state index contributed by atoms with van der Waals surface area (Å²) >= 11 is 0. The lowest BCUT2D eigenvalue weighted by Crippen LogP contribution is -2.37. The van der Waals surface area contributed by atoms with Crippen molar-refractivity contribution in [3.05, 3.63) is 17.5 Å². The number of carbonyl (C=O) groups excluding carboxylic acids is 1. The van der Waals surface area contributed by atoms with Gasteiger partial charge < -0.3 is 10.6 Å². The van der Waals surface area contributed by atoms with Gasteiger partial charge in [0.25, 0.3) is 5.91 Å². The second kappa shape index (κ2) is 7.28. The molecule has 0 aromatic carbocycles. The number of rotatable bonds is 7. The number of amides is 1. The second-order valence-corrected chi connectivity index (χ2v) is 4.87. The maximum Gasteiger partial charge on any atom is 0.272 e. The fraction of sp³-hybridized carbons (Fsp3) is 0.714. The van der Waals surface area contributed by atoms with Crippen molar-refractivity contribution >= 4 is 5.91 Å². The van der Waals surface area contributed by atoms with E-state index in [-0.39, 0.29) is 5.91 Å². The van der Waals surface area contributed by atoms with Crippen LogP contribution in [-0.2, 0) is 13.0 Å². The molecular weight excluding hydrogens is 240 g/mol. The highest BCUT2D eigenvalue weighted by Crippen LogP contribution is 2.10. The molecule has 1 aromatic heterocycles. The Labute approximate surface area is 115 Å². The van der Waals surface area contributed by atoms with Gasteiger partial charge in [-0.25, -0.2) is 0 Å². The van der Waals surface area contributed by atoms with Crippen molar-refractivity contribution in [3.8, 4) is 0 Å². The van der Waals surface area contributed by atoms with Crippen LogP contribution in [0.1, 0.15) is 43.9 Å². The molecule has 2 N–H and O–H groups in total. The Bertz CT molecular complexity index is 414. The van der Waals surface area contributed by atoms with Crippen molar-refractivity contribution in [2.75, 3.05) is 19.6 Å². The van der Waals surface area contributed by atoms with Gasteiger partial charge in [-0.1, -0.05) is 13.8 Å². The molecule has 0 aliphatic carbocycles. The molecule has 0 aliphatic rings. The Morgan fingerprint density at radius 3 is 2.63 bits per heavy atom. The molecule has 0 saturated carbocycles. The number of nitrogens with two attached hydrogens (primary N) is 1. The monoisotopic (exact) mass is 266 g/mol. The molecular formula is C14H26N4O. The van der Waals surface area contributed by atoms with Gasteiger partial charge in [0, 0.05) is 19.6 Å². The molecule has 5 nitrogen and oxygen atoms in total. The maximum absolute atomic E-state index is 12.6. The van der Waals surface area contributed by atoms with Crippen LogP contribution in [0.25, 0.3) is 0 Å². The zero-order chi connectivity index (χ0) is 14.4. The lowest BCUT2D eigenvalue weighted by Gasteiger charge is -2.24. The number of hydrogen-bond donors (Lipinski definition) is 1. The summed E-state index contributed by atoms with van der Waals surface area (Å²) in [7, 11) is 0. The van der Waals surface area contributed by atoms with Crippen molar-refractivity contribution in [3.63, 3.8) is 0 Å². The topological polar surface area (TPSA) is 64.2 Å². The lowest BCUT2D eigenvalue weighted by atomic mass is 10.1. The van der Waals surface area contributed by atoms with Gasteiger partial charge in [-0.2, -0.15) is 5.10 Å². The highest BCUT2D eigenvalue weighted by Gasteiger charge is 2.20. The highest BCUT2D eigenvalue weighted by atomic mass is 16.2. The van der Waals surface area contributed by atoms with Gasteiger partial charge in [-0.3, -0.25) is 9.48 Å². The standard InChI is InChI=1S/C14H26N4O/c1-5-12-8-13(18(7-3)16-12)14(19)17(6-2)10-11(4)9-15/h8,11H,5-7,9-10,15H2,1-4H3. The first-order valence-electron chi connectivity index (χ1n) is 7.13. The van der Waals surface area contributed by atoms with Gasteiger partial charge in [-0.15, -0.1) is 0 Å². The fourth-order valence-corrected chi connectivity index (χ4v) is 2.02. The minimum atomic E-state index is 0.0526. The van der Waals surface area contributed by atoms with E-state index < -0.39 is 0 Å². The Morgan fingerprint density at radius 2 is 2.16 bits per heavy atom. The van der Waals surface area contributed by atoms with E-state index in [1.165, 1.54) is 0 Å². The third-order valence-corrected chi connectivity index (χ3v) is 3.31. The largest absolute Gasteiger partial charge is 0.337 e. The molecule has 0 fully saturated rings. The smallest absolute Gasteiger partial charge is 0.272 e. The highest BCUT2D eigenvalue weighted by molar-refractivity contribution is 5.92. The van der Waals surface area contributed by atoms with E-state index in [4.69, 9.17) is 5.73 Å². The Morgan fingerprint density at radius 1 is 1.47 bits per heavy atom. The van der Waals surface area contributed by atoms with E-state index in [0.29, 0.717) is 37.8 Å². The molecule has 1 rings (SSSR count). The van der Waals surface area contributed by atoms with Crippen LogP contribution in [0.5, 0.6) is 0 Å². The number of carbonyl (C=O) groups is 1. The first-order chi connectivity index (χ1) is 9.07. The third-order valence-electron chi connectivity index (χ3n) is 3.31. The first-order valence-corrected chi connectivity index (χ1v) is 7.13. The van der Waals surface area contributed by atoms with Crippen LogP contribution in [0.15, 0.2) is 6.07 Å². The van der Waals surface area contributed by atoms with E-state index in [9.17, 15) is 4.79 Å². The van der Waals surface area contributed by atoms with Crippen LogP contribution in [0.2, 0.25) is 0 Å². The Hall–Kier alpha value is -1.36. The maximum atomic E-state index is 12.6. The number of aromatic nitrogens is 2. The predicted molar refractivity (Wildman–Crippen MR) is 77.1 cm³/mol. The molecule has 1 aromatic rings. The summed E-state index contributed by atoms with van der Waals surface area (Å²) in [5, 5.41) is 4.43. The summed E-state index contributed by atoms with van der Waals surface area (Å²) in [4.78, 5) is 14.4. The summed E-state index contributed by atoms with van der Waals surface area (Å²) in [6.07, 6.45) is 0.846. The molecule has 0 bridgehead atoms. The van der Waals surface area contributed by atoms with E-state index >= 15 is 0 Å². The molecule has 0 saturated heterocycles. The van der Waals surface area contributed by atoms with Gasteiger partial charge in [-0.05, 0) is 38.8 Å². The molecule has 0 radical (unpaired) electrons. The van der Waals surface area contributed by atoms with Gasteiger partial charge in [0.05, 0.1) is 5.69 Å². The number of aryl methyl sites for hydroxylation is 2. The van der Waals surface area contributed by atoms with E-state index in [2.05, 4.69) is 12.0 Å². The quantitative estimate of drug-likeness (QED) is 0.814. The number of hydrogen-bond acceptors (Lipinski definition) is 3. The zero-order valence-corrected chi connectivity index (χ0v) is 12.5. The van der Waals surface area contributed by atoms with Crippen molar-refractivity contribution < 1.29 is 4.79 Å². The molecule has 1 amide bonds. The molecule has 0 aliphatic heterocycles. The summed E-state index contributed by atoms with van der Waals surface area (Å²) in [5.74, 6) is 0.365. The average Bonchev–Trinajstić information content (AvgIpc) is 2.86. The van der Waals surface area contributed by atoms with Gasteiger partial charge in [0.15, 0.2) is 0 Å². The van der Waals surface area contributed by atoms with Crippen LogP contribution in [0.4, 0.5) is 0 Å². The summed E-state index contributed by atoms with van der Waals surface area (Å²) in [5.41, 5.74) is 7.29. The number of nitrogens with zero attached hydrogens (tertiary/aromatic N) is 3. The van der Waals surface area contributed by atoms with E-state index in [1.807, 2.05) is 31.7 Å². The predicted octanol–water partition coefficient (Wildman–Crippen LogP) is 1.52. The van der Waals surface area contributed by atoms with Gasteiger partial charge >= 0.3 is 0 Å². The van der Waals surface area contributed by atoms with Crippen molar-refractivity contribution in [2.24, 2.45) is 11.7 Å². The van der Waals surface area contributed by atoms with Crippen molar-refractivity contribution in [1.29, 1.82) is 0 Å². The summed E-state index contributed by atoms with van der Waals surface area (Å²) < 4.78 is 1.79. The first kappa shape index (κ1) is 15.7. The van der Waals surface area contributed by atoms with Crippen LogP contribution < -0.4 is 5.73 Å². The second-order valence-electron chi connectivity index (χ2n) is 4.87. The molecule has 1 heterocycles. The summed E-state index contributed by atoms with van der Waals surface area (Å²) in [6, 6.07) is 1.90. The molecule has 1 unspecified atom stereocenters.